The molecule has 2 heterocycles. The molecule has 7 nitrogen and oxygen atoms in total. The molecule has 0 radical (unpaired) electrons. The molecule has 3 rings (SSSR count). The Morgan fingerprint density at radius 2 is 1.90 bits per heavy atom. The van der Waals surface area contributed by atoms with Crippen LogP contribution in [-0.4, -0.2) is 87.0 Å². The summed E-state index contributed by atoms with van der Waals surface area (Å²) in [5, 5.41) is 7.12. The minimum absolute atomic E-state index is 0.110. The zero-order valence-electron chi connectivity index (χ0n) is 17.2. The summed E-state index contributed by atoms with van der Waals surface area (Å²) in [5.41, 5.74) is 1.14. The lowest BCUT2D eigenvalue weighted by Gasteiger charge is -2.30. The summed E-state index contributed by atoms with van der Waals surface area (Å²) < 4.78 is 42.6. The van der Waals surface area contributed by atoms with E-state index in [-0.39, 0.29) is 11.3 Å². The Bertz CT molecular complexity index is 739. The van der Waals surface area contributed by atoms with Crippen molar-refractivity contribution in [2.75, 3.05) is 54.1 Å². The second-order valence-corrected chi connectivity index (χ2v) is 7.91. The van der Waals surface area contributed by atoms with Crippen LogP contribution in [0.4, 0.5) is 13.2 Å². The van der Waals surface area contributed by atoms with E-state index < -0.39 is 12.1 Å². The van der Waals surface area contributed by atoms with E-state index in [1.165, 1.54) is 0 Å². The first-order valence-electron chi connectivity index (χ1n) is 9.40. The maximum absolute atomic E-state index is 12.7. The van der Waals surface area contributed by atoms with E-state index in [0.29, 0.717) is 12.3 Å². The van der Waals surface area contributed by atoms with E-state index in [1.54, 1.807) is 7.11 Å². The predicted molar refractivity (Wildman–Crippen MR) is 102 cm³/mol. The van der Waals surface area contributed by atoms with Gasteiger partial charge in [-0.05, 0) is 31.8 Å². The van der Waals surface area contributed by atoms with E-state index in [4.69, 9.17) is 19.4 Å². The molecule has 0 aromatic heterocycles. The number of carboxylic acids is 1. The van der Waals surface area contributed by atoms with Crippen molar-refractivity contribution in [2.24, 2.45) is 11.3 Å². The number of carbonyl (C=O) groups excluding carboxylic acids is 1. The van der Waals surface area contributed by atoms with Gasteiger partial charge >= 0.3 is 12.1 Å². The molecule has 10 heteroatoms. The summed E-state index contributed by atoms with van der Waals surface area (Å²) in [6.45, 7) is 4.15. The molecule has 1 aromatic rings. The third-order valence-corrected chi connectivity index (χ3v) is 5.26. The molecule has 1 amide bonds. The van der Waals surface area contributed by atoms with Crippen molar-refractivity contribution in [3.8, 4) is 5.75 Å². The first kappa shape index (κ1) is 23.9. The minimum atomic E-state index is -5.08. The van der Waals surface area contributed by atoms with Crippen molar-refractivity contribution in [2.45, 2.75) is 12.6 Å². The van der Waals surface area contributed by atoms with E-state index in [9.17, 15) is 18.0 Å². The fourth-order valence-electron chi connectivity index (χ4n) is 3.91. The maximum atomic E-state index is 12.7. The molecule has 2 aliphatic rings. The van der Waals surface area contributed by atoms with Crippen LogP contribution < -0.4 is 4.74 Å². The van der Waals surface area contributed by atoms with Crippen molar-refractivity contribution < 1.29 is 37.3 Å². The molecule has 2 atom stereocenters. The standard InChI is InChI=1S/C18H26N2O3.C2HF3O2/c1-19(2)11-18-12-20(9-15(18)10-23-13-18)17(21)8-14-4-6-16(22-3)7-5-14;3-2(4,5)1(6)7/h4-7,15H,8-13H2,1-3H3;(H,6,7)/t15-,18+;/m1./s1. The zero-order chi connectivity index (χ0) is 22.5. The summed E-state index contributed by atoms with van der Waals surface area (Å²) in [4.78, 5) is 25.8. The Balaban J connectivity index is 0.000000396. The predicted octanol–water partition coefficient (Wildman–Crippen LogP) is 1.91. The van der Waals surface area contributed by atoms with Crippen LogP contribution in [0.15, 0.2) is 24.3 Å². The van der Waals surface area contributed by atoms with Gasteiger partial charge in [-0.15, -0.1) is 0 Å². The number of ether oxygens (including phenoxy) is 2. The highest BCUT2D eigenvalue weighted by Crippen LogP contribution is 2.41. The van der Waals surface area contributed by atoms with Crippen LogP contribution >= 0.6 is 0 Å². The van der Waals surface area contributed by atoms with Gasteiger partial charge in [0.2, 0.25) is 5.91 Å². The van der Waals surface area contributed by atoms with Gasteiger partial charge in [-0.2, -0.15) is 13.2 Å². The topological polar surface area (TPSA) is 79.3 Å². The van der Waals surface area contributed by atoms with E-state index >= 15 is 0 Å². The Morgan fingerprint density at radius 3 is 2.40 bits per heavy atom. The number of hydrogen-bond acceptors (Lipinski definition) is 5. The highest BCUT2D eigenvalue weighted by Gasteiger charge is 2.51. The van der Waals surface area contributed by atoms with Crippen molar-refractivity contribution in [1.29, 1.82) is 0 Å². The second-order valence-electron chi connectivity index (χ2n) is 7.91. The summed E-state index contributed by atoms with van der Waals surface area (Å²) in [6, 6.07) is 7.74. The number of alkyl halides is 3. The summed E-state index contributed by atoms with van der Waals surface area (Å²) >= 11 is 0. The molecular weight excluding hydrogens is 405 g/mol. The number of amides is 1. The number of methoxy groups -OCH3 is 1. The molecule has 2 saturated heterocycles. The molecule has 1 N–H and O–H groups in total. The highest BCUT2D eigenvalue weighted by molar-refractivity contribution is 5.79. The third kappa shape index (κ3) is 6.09. The van der Waals surface area contributed by atoms with Crippen LogP contribution in [0.1, 0.15) is 5.56 Å². The summed E-state index contributed by atoms with van der Waals surface area (Å²) in [5.74, 6) is -1.26. The van der Waals surface area contributed by atoms with Crippen LogP contribution in [0.5, 0.6) is 5.75 Å². The van der Waals surface area contributed by atoms with Crippen molar-refractivity contribution in [3.63, 3.8) is 0 Å². The molecule has 0 saturated carbocycles. The van der Waals surface area contributed by atoms with E-state index in [2.05, 4.69) is 19.0 Å². The van der Waals surface area contributed by atoms with Crippen molar-refractivity contribution in [3.05, 3.63) is 29.8 Å². The first-order chi connectivity index (χ1) is 14.0. The fourth-order valence-corrected chi connectivity index (χ4v) is 3.91. The monoisotopic (exact) mass is 432 g/mol. The van der Waals surface area contributed by atoms with Gasteiger partial charge in [0.15, 0.2) is 0 Å². The molecular formula is C20H27F3N2O5. The van der Waals surface area contributed by atoms with Gasteiger partial charge in [0.05, 0.1) is 26.7 Å². The highest BCUT2D eigenvalue weighted by atomic mass is 19.4. The lowest BCUT2D eigenvalue weighted by Crippen LogP contribution is -2.41. The van der Waals surface area contributed by atoms with Gasteiger partial charge in [0.1, 0.15) is 5.75 Å². The van der Waals surface area contributed by atoms with Crippen LogP contribution in [0, 0.1) is 11.3 Å². The molecule has 0 aliphatic carbocycles. The zero-order valence-corrected chi connectivity index (χ0v) is 17.2. The third-order valence-electron chi connectivity index (χ3n) is 5.26. The molecule has 2 fully saturated rings. The number of halogens is 3. The average Bonchev–Trinajstić information content (AvgIpc) is 3.18. The SMILES string of the molecule is COc1ccc(CC(=O)N2C[C@@H]3COC[C@]3(CN(C)C)C2)cc1.O=C(O)C(F)(F)F. The van der Waals surface area contributed by atoms with Gasteiger partial charge in [0, 0.05) is 31.0 Å². The molecule has 30 heavy (non-hydrogen) atoms. The number of likely N-dealkylation sites (tertiary alicyclic amines) is 1. The molecule has 168 valence electrons. The lowest BCUT2D eigenvalue weighted by molar-refractivity contribution is -0.192. The largest absolute Gasteiger partial charge is 0.497 e. The van der Waals surface area contributed by atoms with Crippen LogP contribution in [0.2, 0.25) is 0 Å². The van der Waals surface area contributed by atoms with Gasteiger partial charge in [-0.1, -0.05) is 12.1 Å². The number of nitrogens with zero attached hydrogens (tertiary/aromatic N) is 2. The van der Waals surface area contributed by atoms with Gasteiger partial charge in [-0.3, -0.25) is 4.79 Å². The second kappa shape index (κ2) is 9.65. The van der Waals surface area contributed by atoms with Gasteiger partial charge in [0.25, 0.3) is 0 Å². The number of aliphatic carboxylic acids is 1. The maximum Gasteiger partial charge on any atom is 0.490 e. The molecule has 0 spiro atoms. The smallest absolute Gasteiger partial charge is 0.490 e. The molecule has 1 aromatic carbocycles. The number of fused-ring (bicyclic) bond motifs is 1. The number of benzene rings is 1. The fraction of sp³-hybridized carbons (Fsp3) is 0.600. The Hall–Kier alpha value is -2.33. The molecule has 0 bridgehead atoms. The molecule has 0 unspecified atom stereocenters. The van der Waals surface area contributed by atoms with Gasteiger partial charge in [-0.25, -0.2) is 4.79 Å². The quantitative estimate of drug-likeness (QED) is 0.766. The van der Waals surface area contributed by atoms with Crippen molar-refractivity contribution >= 4 is 11.9 Å². The molecule has 2 aliphatic heterocycles. The Labute approximate surface area is 173 Å². The number of rotatable bonds is 5. The summed E-state index contributed by atoms with van der Waals surface area (Å²) in [6.07, 6.45) is -4.63. The van der Waals surface area contributed by atoms with Crippen LogP contribution in [0.3, 0.4) is 0 Å². The normalized spacial score (nSPS) is 23.0. The minimum Gasteiger partial charge on any atom is -0.497 e. The van der Waals surface area contributed by atoms with Crippen molar-refractivity contribution in [1.82, 2.24) is 9.80 Å². The number of carboxylic acid groups (broad SMARTS) is 1. The van der Waals surface area contributed by atoms with E-state index in [0.717, 1.165) is 44.2 Å². The first-order valence-corrected chi connectivity index (χ1v) is 9.40. The summed E-state index contributed by atoms with van der Waals surface area (Å²) in [7, 11) is 5.83. The lowest BCUT2D eigenvalue weighted by atomic mass is 9.81. The van der Waals surface area contributed by atoms with Gasteiger partial charge < -0.3 is 24.4 Å². The number of hydrogen-bond donors (Lipinski definition) is 1. The number of carbonyl (C=O) groups is 2. The van der Waals surface area contributed by atoms with E-state index in [1.807, 2.05) is 29.2 Å². The average molecular weight is 432 g/mol. The Kier molecular flexibility index (Phi) is 7.70. The van der Waals surface area contributed by atoms with Crippen LogP contribution in [0.25, 0.3) is 0 Å². The van der Waals surface area contributed by atoms with Crippen LogP contribution in [-0.2, 0) is 20.7 Å². The Morgan fingerprint density at radius 1 is 1.30 bits per heavy atom.